The van der Waals surface area contributed by atoms with E-state index < -0.39 is 10.0 Å². The van der Waals surface area contributed by atoms with Gasteiger partial charge in [0.2, 0.25) is 10.0 Å². The maximum Gasteiger partial charge on any atom is 0.246 e. The second-order valence-electron chi connectivity index (χ2n) is 5.82. The number of ether oxygens (including phenoxy) is 1. The first-order valence-corrected chi connectivity index (χ1v) is 9.87. The molecule has 2 aromatic carbocycles. The molecule has 0 N–H and O–H groups in total. The van der Waals surface area contributed by atoms with Gasteiger partial charge in [0.25, 0.3) is 0 Å². The van der Waals surface area contributed by atoms with Crippen molar-refractivity contribution in [3.05, 3.63) is 53.1 Å². The highest BCUT2D eigenvalue weighted by atomic mass is 35.5. The number of sulfonamides is 1. The maximum atomic E-state index is 13.0. The zero-order valence-corrected chi connectivity index (χ0v) is 15.8. The number of piperazine rings is 1. The highest BCUT2D eigenvalue weighted by Gasteiger charge is 2.31. The van der Waals surface area contributed by atoms with Gasteiger partial charge in [0.15, 0.2) is 0 Å². The largest absolute Gasteiger partial charge is 0.495 e. The number of nitrogens with zero attached hydrogens (tertiary/aromatic N) is 3. The van der Waals surface area contributed by atoms with Gasteiger partial charge in [-0.05, 0) is 30.3 Å². The second kappa shape index (κ2) is 7.54. The smallest absolute Gasteiger partial charge is 0.246 e. The number of rotatable bonds is 4. The van der Waals surface area contributed by atoms with E-state index in [4.69, 9.17) is 16.3 Å². The summed E-state index contributed by atoms with van der Waals surface area (Å²) in [5, 5.41) is 9.59. The summed E-state index contributed by atoms with van der Waals surface area (Å²) in [4.78, 5) is 2.10. The molecule has 136 valence electrons. The number of hydrogen-bond acceptors (Lipinski definition) is 5. The van der Waals surface area contributed by atoms with Crippen LogP contribution in [0.25, 0.3) is 0 Å². The van der Waals surface area contributed by atoms with E-state index in [2.05, 4.69) is 6.07 Å². The molecule has 8 heteroatoms. The molecule has 0 unspecified atom stereocenters. The van der Waals surface area contributed by atoms with Crippen LogP contribution in [0.3, 0.4) is 0 Å². The van der Waals surface area contributed by atoms with Gasteiger partial charge >= 0.3 is 0 Å². The number of methoxy groups -OCH3 is 1. The Kier molecular flexibility index (Phi) is 5.37. The van der Waals surface area contributed by atoms with Crippen molar-refractivity contribution in [1.29, 1.82) is 5.26 Å². The third-order valence-corrected chi connectivity index (χ3v) is 6.50. The molecule has 0 spiro atoms. The zero-order chi connectivity index (χ0) is 18.7. The van der Waals surface area contributed by atoms with Crippen LogP contribution in [0.1, 0.15) is 5.56 Å². The fourth-order valence-corrected chi connectivity index (χ4v) is 4.85. The van der Waals surface area contributed by atoms with Crippen LogP contribution in [0.4, 0.5) is 5.69 Å². The summed E-state index contributed by atoms with van der Waals surface area (Å²) in [7, 11) is -2.29. The summed E-state index contributed by atoms with van der Waals surface area (Å²) < 4.78 is 32.6. The Morgan fingerprint density at radius 1 is 1.12 bits per heavy atom. The molecule has 26 heavy (non-hydrogen) atoms. The lowest BCUT2D eigenvalue weighted by atomic mass is 10.1. The molecule has 0 atom stereocenters. The fraction of sp³-hybridized carbons (Fsp3) is 0.278. The minimum absolute atomic E-state index is 0.0679. The number of halogens is 1. The molecule has 1 fully saturated rings. The summed E-state index contributed by atoms with van der Waals surface area (Å²) in [6, 6.07) is 14.1. The van der Waals surface area contributed by atoms with Crippen LogP contribution < -0.4 is 9.64 Å². The van der Waals surface area contributed by atoms with Crippen molar-refractivity contribution < 1.29 is 13.2 Å². The predicted octanol–water partition coefficient (Wildman–Crippen LogP) is 2.73. The lowest BCUT2D eigenvalue weighted by Crippen LogP contribution is -2.48. The maximum absolute atomic E-state index is 13.0. The first-order valence-electron chi connectivity index (χ1n) is 8.05. The Morgan fingerprint density at radius 2 is 1.81 bits per heavy atom. The Hall–Kier alpha value is -2.27. The first kappa shape index (κ1) is 18.5. The fourth-order valence-electron chi connectivity index (χ4n) is 3.00. The van der Waals surface area contributed by atoms with Crippen LogP contribution in [0, 0.1) is 11.3 Å². The van der Waals surface area contributed by atoms with Crippen molar-refractivity contribution in [2.75, 3.05) is 38.2 Å². The van der Waals surface area contributed by atoms with E-state index in [9.17, 15) is 13.7 Å². The monoisotopic (exact) mass is 391 g/mol. The van der Waals surface area contributed by atoms with Crippen molar-refractivity contribution in [3.8, 4) is 11.8 Å². The van der Waals surface area contributed by atoms with E-state index in [0.29, 0.717) is 36.8 Å². The molecular formula is C18H18ClN3O3S. The van der Waals surface area contributed by atoms with Gasteiger partial charge in [-0.25, -0.2) is 8.42 Å². The average molecular weight is 392 g/mol. The standard InChI is InChI=1S/C18H18ClN3O3S/c1-25-17-7-6-15(19)12-18(17)26(23,24)22-10-8-21(9-11-22)16-5-3-2-4-14(16)13-20/h2-7,12H,8-11H2,1H3. The Labute approximate surface area is 158 Å². The van der Waals surface area contributed by atoms with Gasteiger partial charge in [0, 0.05) is 31.2 Å². The molecule has 1 saturated heterocycles. The molecule has 1 aliphatic rings. The van der Waals surface area contributed by atoms with Gasteiger partial charge < -0.3 is 9.64 Å². The zero-order valence-electron chi connectivity index (χ0n) is 14.2. The summed E-state index contributed by atoms with van der Waals surface area (Å²) >= 11 is 5.98. The van der Waals surface area contributed by atoms with Crippen LogP contribution in [0.15, 0.2) is 47.4 Å². The van der Waals surface area contributed by atoms with Crippen LogP contribution >= 0.6 is 11.6 Å². The van der Waals surface area contributed by atoms with E-state index in [1.165, 1.54) is 17.5 Å². The van der Waals surface area contributed by atoms with E-state index in [1.807, 2.05) is 23.1 Å². The second-order valence-corrected chi connectivity index (χ2v) is 8.16. The number of para-hydroxylation sites is 1. The van der Waals surface area contributed by atoms with E-state index in [1.54, 1.807) is 18.2 Å². The van der Waals surface area contributed by atoms with Gasteiger partial charge in [-0.3, -0.25) is 0 Å². The van der Waals surface area contributed by atoms with Crippen molar-refractivity contribution in [1.82, 2.24) is 4.31 Å². The quantitative estimate of drug-likeness (QED) is 0.801. The molecule has 1 heterocycles. The molecule has 0 saturated carbocycles. The molecule has 0 amide bonds. The lowest BCUT2D eigenvalue weighted by Gasteiger charge is -2.35. The molecule has 0 bridgehead atoms. The minimum atomic E-state index is -3.72. The molecule has 0 aliphatic carbocycles. The number of hydrogen-bond donors (Lipinski definition) is 0. The lowest BCUT2D eigenvalue weighted by molar-refractivity contribution is 0.374. The van der Waals surface area contributed by atoms with Crippen molar-refractivity contribution in [2.45, 2.75) is 4.90 Å². The van der Waals surface area contributed by atoms with E-state index >= 15 is 0 Å². The van der Waals surface area contributed by atoms with Crippen LogP contribution in [-0.2, 0) is 10.0 Å². The Bertz CT molecular complexity index is 948. The summed E-state index contributed by atoms with van der Waals surface area (Å²) in [5.74, 6) is 0.270. The summed E-state index contributed by atoms with van der Waals surface area (Å²) in [6.45, 7) is 1.64. The molecule has 2 aromatic rings. The van der Waals surface area contributed by atoms with Crippen LogP contribution in [-0.4, -0.2) is 46.0 Å². The normalized spacial score (nSPS) is 15.5. The van der Waals surface area contributed by atoms with Gasteiger partial charge in [0.1, 0.15) is 16.7 Å². The average Bonchev–Trinajstić information content (AvgIpc) is 2.68. The number of anilines is 1. The van der Waals surface area contributed by atoms with Crippen LogP contribution in [0.2, 0.25) is 5.02 Å². The van der Waals surface area contributed by atoms with Crippen molar-refractivity contribution in [3.63, 3.8) is 0 Å². The topological polar surface area (TPSA) is 73.6 Å². The van der Waals surface area contributed by atoms with Gasteiger partial charge in [0.05, 0.1) is 18.4 Å². The van der Waals surface area contributed by atoms with Crippen molar-refractivity contribution >= 4 is 27.3 Å². The summed E-state index contributed by atoms with van der Waals surface area (Å²) in [5.41, 5.74) is 1.41. The van der Waals surface area contributed by atoms with Gasteiger partial charge in [-0.2, -0.15) is 9.57 Å². The van der Waals surface area contributed by atoms with Gasteiger partial charge in [-0.15, -0.1) is 0 Å². The molecule has 3 rings (SSSR count). The summed E-state index contributed by atoms with van der Waals surface area (Å²) in [6.07, 6.45) is 0. The van der Waals surface area contributed by atoms with Gasteiger partial charge in [-0.1, -0.05) is 23.7 Å². The number of nitriles is 1. The highest BCUT2D eigenvalue weighted by molar-refractivity contribution is 7.89. The molecule has 0 radical (unpaired) electrons. The molecule has 1 aliphatic heterocycles. The number of benzene rings is 2. The van der Waals surface area contributed by atoms with E-state index in [-0.39, 0.29) is 10.6 Å². The van der Waals surface area contributed by atoms with Crippen molar-refractivity contribution in [2.24, 2.45) is 0 Å². The molecule has 0 aromatic heterocycles. The molecule has 6 nitrogen and oxygen atoms in total. The third kappa shape index (κ3) is 3.49. The third-order valence-electron chi connectivity index (χ3n) is 4.35. The molecular weight excluding hydrogens is 374 g/mol. The predicted molar refractivity (Wildman–Crippen MR) is 100 cm³/mol. The Morgan fingerprint density at radius 3 is 2.46 bits per heavy atom. The van der Waals surface area contributed by atoms with E-state index in [0.717, 1.165) is 5.69 Å². The SMILES string of the molecule is COc1ccc(Cl)cc1S(=O)(=O)N1CCN(c2ccccc2C#N)CC1. The van der Waals surface area contributed by atoms with Crippen LogP contribution in [0.5, 0.6) is 5.75 Å². The minimum Gasteiger partial charge on any atom is -0.495 e. The first-order chi connectivity index (χ1) is 12.5. The Balaban J connectivity index is 1.82. The highest BCUT2D eigenvalue weighted by Crippen LogP contribution is 2.31.